The quantitative estimate of drug-likeness (QED) is 0.483. The number of anilines is 1. The molecule has 2 aromatic carbocycles. The Kier molecular flexibility index (Phi) is 5.80. The van der Waals surface area contributed by atoms with Crippen molar-refractivity contribution in [2.75, 3.05) is 26.1 Å². The highest BCUT2D eigenvalue weighted by molar-refractivity contribution is 5.91. The van der Waals surface area contributed by atoms with Crippen LogP contribution in [0.1, 0.15) is 15.9 Å². The number of esters is 1. The third-order valence-electron chi connectivity index (χ3n) is 3.00. The lowest BCUT2D eigenvalue weighted by Crippen LogP contribution is -2.10. The molecule has 2 aromatic rings. The first kappa shape index (κ1) is 15.9. The normalized spacial score (nSPS) is 10.2. The van der Waals surface area contributed by atoms with E-state index in [2.05, 4.69) is 0 Å². The number of hydrogen-bond donors (Lipinski definition) is 1. The monoisotopic (exact) mass is 301 g/mol. The van der Waals surface area contributed by atoms with Gasteiger partial charge in [-0.2, -0.15) is 0 Å². The molecule has 0 aromatic heterocycles. The van der Waals surface area contributed by atoms with Gasteiger partial charge in [0.25, 0.3) is 0 Å². The van der Waals surface area contributed by atoms with Gasteiger partial charge in [0.1, 0.15) is 19.0 Å². The van der Waals surface area contributed by atoms with E-state index in [0.717, 1.165) is 5.56 Å². The van der Waals surface area contributed by atoms with Crippen molar-refractivity contribution >= 4 is 11.7 Å². The zero-order valence-electron chi connectivity index (χ0n) is 12.5. The fraction of sp³-hybridized carbons (Fsp3) is 0.235. The van der Waals surface area contributed by atoms with Crippen LogP contribution in [0.5, 0.6) is 5.75 Å². The molecular formula is C17H19NO4. The minimum atomic E-state index is -0.432. The molecule has 5 nitrogen and oxygen atoms in total. The Morgan fingerprint density at radius 1 is 1.09 bits per heavy atom. The summed E-state index contributed by atoms with van der Waals surface area (Å²) in [6, 6.07) is 14.6. The van der Waals surface area contributed by atoms with Gasteiger partial charge in [-0.05, 0) is 23.8 Å². The van der Waals surface area contributed by atoms with Gasteiger partial charge in [0.05, 0.1) is 17.9 Å². The predicted molar refractivity (Wildman–Crippen MR) is 83.8 cm³/mol. The second-order valence-electron chi connectivity index (χ2n) is 4.66. The summed E-state index contributed by atoms with van der Waals surface area (Å²) in [7, 11) is 1.55. The number of rotatable bonds is 7. The maximum Gasteiger partial charge on any atom is 0.338 e. The molecule has 2 N–H and O–H groups in total. The molecule has 0 amide bonds. The molecule has 0 aliphatic carbocycles. The van der Waals surface area contributed by atoms with Gasteiger partial charge >= 0.3 is 5.97 Å². The van der Waals surface area contributed by atoms with E-state index in [1.807, 2.05) is 30.3 Å². The smallest absolute Gasteiger partial charge is 0.338 e. The predicted octanol–water partition coefficient (Wildman–Crippen LogP) is 2.65. The van der Waals surface area contributed by atoms with Crippen LogP contribution in [0.25, 0.3) is 0 Å². The number of methoxy groups -OCH3 is 1. The third-order valence-corrected chi connectivity index (χ3v) is 3.00. The summed E-state index contributed by atoms with van der Waals surface area (Å²) in [6.45, 7) is 0.990. The SMILES string of the molecule is COCCOC(=O)c1ccc(OCc2ccccc2)c(N)c1. The number of nitrogen functional groups attached to an aromatic ring is 1. The number of nitrogens with two attached hydrogens (primary N) is 1. The Balaban J connectivity index is 1.96. The number of carbonyl (C=O) groups is 1. The minimum absolute atomic E-state index is 0.210. The van der Waals surface area contributed by atoms with Crippen LogP contribution in [-0.4, -0.2) is 26.3 Å². The molecule has 0 radical (unpaired) electrons. The standard InChI is InChI=1S/C17H19NO4/c1-20-9-10-21-17(19)14-7-8-16(15(18)11-14)22-12-13-5-3-2-4-6-13/h2-8,11H,9-10,12,18H2,1H3. The number of carbonyl (C=O) groups excluding carboxylic acids is 1. The molecule has 5 heteroatoms. The van der Waals surface area contributed by atoms with Gasteiger partial charge in [0, 0.05) is 7.11 Å². The fourth-order valence-corrected chi connectivity index (χ4v) is 1.84. The molecule has 116 valence electrons. The molecule has 0 aliphatic rings. The highest BCUT2D eigenvalue weighted by Crippen LogP contribution is 2.24. The summed E-state index contributed by atoms with van der Waals surface area (Å²) in [5.74, 6) is 0.107. The second kappa shape index (κ2) is 8.05. The summed E-state index contributed by atoms with van der Waals surface area (Å²) in [4.78, 5) is 11.8. The molecule has 2 rings (SSSR count). The van der Waals surface area contributed by atoms with Crippen molar-refractivity contribution in [1.29, 1.82) is 0 Å². The van der Waals surface area contributed by atoms with Gasteiger partial charge in [0.2, 0.25) is 0 Å². The second-order valence-corrected chi connectivity index (χ2v) is 4.66. The zero-order valence-corrected chi connectivity index (χ0v) is 12.5. The first-order valence-corrected chi connectivity index (χ1v) is 6.93. The Hall–Kier alpha value is -2.53. The van der Waals surface area contributed by atoms with Crippen LogP contribution >= 0.6 is 0 Å². The van der Waals surface area contributed by atoms with E-state index < -0.39 is 5.97 Å². The summed E-state index contributed by atoms with van der Waals surface area (Å²) in [5.41, 5.74) is 7.76. The Morgan fingerprint density at radius 2 is 1.86 bits per heavy atom. The van der Waals surface area contributed by atoms with Crippen LogP contribution in [0.15, 0.2) is 48.5 Å². The maximum atomic E-state index is 11.8. The summed E-state index contributed by atoms with van der Waals surface area (Å²) in [5, 5.41) is 0. The van der Waals surface area contributed by atoms with E-state index in [4.69, 9.17) is 19.9 Å². The van der Waals surface area contributed by atoms with Gasteiger partial charge in [-0.3, -0.25) is 0 Å². The summed E-state index contributed by atoms with van der Waals surface area (Å²) >= 11 is 0. The lowest BCUT2D eigenvalue weighted by molar-refractivity contribution is 0.0388. The minimum Gasteiger partial charge on any atom is -0.487 e. The number of benzene rings is 2. The molecule has 22 heavy (non-hydrogen) atoms. The van der Waals surface area contributed by atoms with Crippen molar-refractivity contribution in [3.63, 3.8) is 0 Å². The first-order valence-electron chi connectivity index (χ1n) is 6.93. The average molecular weight is 301 g/mol. The van der Waals surface area contributed by atoms with Crippen LogP contribution in [0.2, 0.25) is 0 Å². The van der Waals surface area contributed by atoms with E-state index in [9.17, 15) is 4.79 Å². The fourth-order valence-electron chi connectivity index (χ4n) is 1.84. The van der Waals surface area contributed by atoms with Crippen molar-refractivity contribution in [2.24, 2.45) is 0 Å². The molecule has 0 saturated heterocycles. The van der Waals surface area contributed by atoms with Crippen LogP contribution in [0.3, 0.4) is 0 Å². The van der Waals surface area contributed by atoms with Gasteiger partial charge in [0.15, 0.2) is 0 Å². The molecule has 0 unspecified atom stereocenters. The molecule has 0 bridgehead atoms. The number of hydrogen-bond acceptors (Lipinski definition) is 5. The van der Waals surface area contributed by atoms with Crippen LogP contribution in [0.4, 0.5) is 5.69 Å². The largest absolute Gasteiger partial charge is 0.487 e. The molecule has 0 aliphatic heterocycles. The highest BCUT2D eigenvalue weighted by atomic mass is 16.6. The summed E-state index contributed by atoms with van der Waals surface area (Å²) < 4.78 is 15.5. The molecule has 0 saturated carbocycles. The molecular weight excluding hydrogens is 282 g/mol. The zero-order chi connectivity index (χ0) is 15.8. The van der Waals surface area contributed by atoms with E-state index in [1.54, 1.807) is 25.3 Å². The highest BCUT2D eigenvalue weighted by Gasteiger charge is 2.10. The van der Waals surface area contributed by atoms with E-state index in [-0.39, 0.29) is 6.61 Å². The third kappa shape index (κ3) is 4.49. The average Bonchev–Trinajstić information content (AvgIpc) is 2.54. The first-order chi connectivity index (χ1) is 10.7. The van der Waals surface area contributed by atoms with Crippen molar-refractivity contribution in [3.8, 4) is 5.75 Å². The van der Waals surface area contributed by atoms with E-state index >= 15 is 0 Å². The molecule has 0 atom stereocenters. The van der Waals surface area contributed by atoms with Gasteiger partial charge < -0.3 is 19.9 Å². The molecule has 0 heterocycles. The topological polar surface area (TPSA) is 70.8 Å². The van der Waals surface area contributed by atoms with Gasteiger partial charge in [-0.1, -0.05) is 30.3 Å². The summed E-state index contributed by atoms with van der Waals surface area (Å²) in [6.07, 6.45) is 0. The maximum absolute atomic E-state index is 11.8. The van der Waals surface area contributed by atoms with Gasteiger partial charge in [-0.25, -0.2) is 4.79 Å². The van der Waals surface area contributed by atoms with Crippen LogP contribution in [0, 0.1) is 0 Å². The Bertz CT molecular complexity index is 613. The van der Waals surface area contributed by atoms with Crippen molar-refractivity contribution in [3.05, 3.63) is 59.7 Å². The molecule has 0 fully saturated rings. The number of ether oxygens (including phenoxy) is 3. The molecule has 0 spiro atoms. The Labute approximate surface area is 129 Å². The lowest BCUT2D eigenvalue weighted by Gasteiger charge is -2.10. The Morgan fingerprint density at radius 3 is 2.55 bits per heavy atom. The van der Waals surface area contributed by atoms with Crippen molar-refractivity contribution in [1.82, 2.24) is 0 Å². The van der Waals surface area contributed by atoms with Crippen LogP contribution < -0.4 is 10.5 Å². The van der Waals surface area contributed by atoms with Gasteiger partial charge in [-0.15, -0.1) is 0 Å². The van der Waals surface area contributed by atoms with Crippen molar-refractivity contribution < 1.29 is 19.0 Å². The lowest BCUT2D eigenvalue weighted by atomic mass is 10.2. The van der Waals surface area contributed by atoms with Crippen molar-refractivity contribution in [2.45, 2.75) is 6.61 Å². The van der Waals surface area contributed by atoms with Crippen LogP contribution in [-0.2, 0) is 16.1 Å². The van der Waals surface area contributed by atoms with E-state index in [0.29, 0.717) is 30.2 Å². The van der Waals surface area contributed by atoms with E-state index in [1.165, 1.54) is 0 Å².